The minimum Gasteiger partial charge on any atom is -0.395 e. The van der Waals surface area contributed by atoms with Crippen LogP contribution in [0.5, 0.6) is 0 Å². The Bertz CT molecular complexity index is 1220. The van der Waals surface area contributed by atoms with Gasteiger partial charge in [0.25, 0.3) is 0 Å². The zero-order valence-corrected chi connectivity index (χ0v) is 25.5. The van der Waals surface area contributed by atoms with Gasteiger partial charge < -0.3 is 15.5 Å². The molecule has 0 unspecified atom stereocenters. The van der Waals surface area contributed by atoms with Crippen molar-refractivity contribution < 1.29 is 4.79 Å². The number of hydrogen-bond donors (Lipinski definition) is 1. The Balaban J connectivity index is 1.81. The Hall–Kier alpha value is -3.01. The zero-order chi connectivity index (χ0) is 28.6. The summed E-state index contributed by atoms with van der Waals surface area (Å²) in [6.07, 6.45) is 10.6. The highest BCUT2D eigenvalue weighted by atomic mass is 16.1. The molecule has 2 saturated heterocycles. The number of ketones is 1. The maximum atomic E-state index is 14.4. The number of benzene rings is 2. The van der Waals surface area contributed by atoms with Crippen LogP contribution < -0.4 is 10.6 Å². The highest BCUT2D eigenvalue weighted by Crippen LogP contribution is 2.44. The van der Waals surface area contributed by atoms with Crippen LogP contribution >= 0.6 is 0 Å². The summed E-state index contributed by atoms with van der Waals surface area (Å²) >= 11 is 0. The molecular weight excluding hydrogens is 478 g/mol. The lowest BCUT2D eigenvalue weighted by Crippen LogP contribution is -2.59. The van der Waals surface area contributed by atoms with Crippen molar-refractivity contribution in [3.63, 3.8) is 0 Å². The molecule has 2 aromatic rings. The Morgan fingerprint density at radius 3 is 1.74 bits per heavy atom. The van der Waals surface area contributed by atoms with E-state index in [-0.39, 0.29) is 33.6 Å². The fourth-order valence-electron chi connectivity index (χ4n) is 7.43. The minimum absolute atomic E-state index is 0.00465. The quantitative estimate of drug-likeness (QED) is 0.385. The van der Waals surface area contributed by atoms with Crippen LogP contribution in [0.15, 0.2) is 66.0 Å². The lowest BCUT2D eigenvalue weighted by molar-refractivity contribution is -0.116. The smallest absolute Gasteiger partial charge is 0.224 e. The molecule has 0 amide bonds. The second-order valence-electron chi connectivity index (χ2n) is 14.1. The van der Waals surface area contributed by atoms with Gasteiger partial charge in [-0.3, -0.25) is 4.79 Å². The lowest BCUT2D eigenvalue weighted by Gasteiger charge is -2.55. The molecule has 4 heteroatoms. The second-order valence-corrected chi connectivity index (χ2v) is 14.1. The van der Waals surface area contributed by atoms with E-state index in [1.807, 2.05) is 48.6 Å². The van der Waals surface area contributed by atoms with E-state index in [9.17, 15) is 4.79 Å². The van der Waals surface area contributed by atoms with Gasteiger partial charge in [0, 0.05) is 27.8 Å². The number of Topliss-reactive ketones (excluding diaryl/α,β-unsaturated/α-hetero) is 1. The van der Waals surface area contributed by atoms with Crippen molar-refractivity contribution in [1.82, 2.24) is 4.90 Å². The topological polar surface area (TPSA) is 49.6 Å². The van der Waals surface area contributed by atoms with Crippen LogP contribution in [0.3, 0.4) is 0 Å². The van der Waals surface area contributed by atoms with Gasteiger partial charge >= 0.3 is 0 Å². The molecule has 0 aromatic heterocycles. The van der Waals surface area contributed by atoms with Crippen LogP contribution in [0.1, 0.15) is 105 Å². The predicted octanol–water partition coefficient (Wildman–Crippen LogP) is 8.19. The SMILES string of the molecule is CC1(C)CCCC(C)(C)N1C(=Cc1ccccc1)C(=O)C(N)=Cc1ccccc1N1C(C)(C)CCCC1(C)C. The summed E-state index contributed by atoms with van der Waals surface area (Å²) in [5, 5.41) is 0. The van der Waals surface area contributed by atoms with E-state index in [1.54, 1.807) is 0 Å². The summed E-state index contributed by atoms with van der Waals surface area (Å²) in [7, 11) is 0. The molecule has 210 valence electrons. The fourth-order valence-corrected chi connectivity index (χ4v) is 7.43. The molecule has 2 fully saturated rings. The molecule has 2 heterocycles. The van der Waals surface area contributed by atoms with Crippen molar-refractivity contribution in [2.45, 2.75) is 116 Å². The summed E-state index contributed by atoms with van der Waals surface area (Å²) in [6.45, 7) is 18.3. The fraction of sp³-hybridized carbons (Fsp3) is 0.514. The third-order valence-corrected chi connectivity index (χ3v) is 8.90. The van der Waals surface area contributed by atoms with E-state index < -0.39 is 0 Å². The molecule has 2 aliphatic heterocycles. The molecule has 0 saturated carbocycles. The van der Waals surface area contributed by atoms with Crippen LogP contribution in [-0.2, 0) is 4.79 Å². The van der Waals surface area contributed by atoms with Gasteiger partial charge in [0.15, 0.2) is 0 Å². The van der Waals surface area contributed by atoms with Gasteiger partial charge in [-0.05, 0) is 123 Å². The highest BCUT2D eigenvalue weighted by Gasteiger charge is 2.45. The summed E-state index contributed by atoms with van der Waals surface area (Å²) in [5.41, 5.74) is 10.5. The molecule has 0 bridgehead atoms. The van der Waals surface area contributed by atoms with Crippen molar-refractivity contribution in [2.75, 3.05) is 4.90 Å². The molecule has 0 radical (unpaired) electrons. The first-order chi connectivity index (χ1) is 18.2. The number of anilines is 1. The van der Waals surface area contributed by atoms with E-state index in [2.05, 4.69) is 83.4 Å². The normalized spacial score (nSPS) is 22.5. The van der Waals surface area contributed by atoms with Gasteiger partial charge in [-0.15, -0.1) is 0 Å². The third kappa shape index (κ3) is 5.95. The van der Waals surface area contributed by atoms with Gasteiger partial charge in [0.1, 0.15) is 0 Å². The number of carbonyl (C=O) groups excluding carboxylic acids is 1. The molecule has 4 rings (SSSR count). The van der Waals surface area contributed by atoms with E-state index >= 15 is 0 Å². The molecule has 2 N–H and O–H groups in total. The van der Waals surface area contributed by atoms with Gasteiger partial charge in [-0.25, -0.2) is 0 Å². The van der Waals surface area contributed by atoms with E-state index in [4.69, 9.17) is 5.73 Å². The predicted molar refractivity (Wildman–Crippen MR) is 166 cm³/mol. The molecule has 0 spiro atoms. The van der Waals surface area contributed by atoms with Crippen LogP contribution in [-0.4, -0.2) is 32.8 Å². The van der Waals surface area contributed by atoms with E-state index in [0.717, 1.165) is 48.9 Å². The monoisotopic (exact) mass is 527 g/mol. The molecular formula is C35H49N3O. The summed E-state index contributed by atoms with van der Waals surface area (Å²) < 4.78 is 0. The number of nitrogens with two attached hydrogens (primary N) is 1. The van der Waals surface area contributed by atoms with E-state index in [0.29, 0.717) is 5.70 Å². The largest absolute Gasteiger partial charge is 0.395 e. The highest BCUT2D eigenvalue weighted by molar-refractivity contribution is 6.12. The van der Waals surface area contributed by atoms with Crippen molar-refractivity contribution in [3.05, 3.63) is 77.1 Å². The van der Waals surface area contributed by atoms with Crippen LogP contribution in [0.25, 0.3) is 12.2 Å². The van der Waals surface area contributed by atoms with Gasteiger partial charge in [0.2, 0.25) is 5.78 Å². The first-order valence-electron chi connectivity index (χ1n) is 14.6. The number of piperidine rings is 2. The van der Waals surface area contributed by atoms with E-state index in [1.165, 1.54) is 6.42 Å². The number of rotatable bonds is 6. The summed E-state index contributed by atoms with van der Waals surface area (Å²) in [4.78, 5) is 19.2. The standard InChI is InChI=1S/C35H49N3O/c1-32(2)20-14-21-33(3,4)37(32)29-19-13-12-18-27(29)25-28(36)31(39)30(24-26-16-10-9-11-17-26)38-34(5,6)22-15-23-35(38,7)8/h9-13,16-19,24-25H,14-15,20-23,36H2,1-8H3. The van der Waals surface area contributed by atoms with Crippen molar-refractivity contribution >= 4 is 23.6 Å². The van der Waals surface area contributed by atoms with Crippen molar-refractivity contribution in [3.8, 4) is 0 Å². The van der Waals surface area contributed by atoms with Gasteiger partial charge in [-0.1, -0.05) is 48.5 Å². The van der Waals surface area contributed by atoms with Gasteiger partial charge in [0.05, 0.1) is 11.4 Å². The number of hydrogen-bond acceptors (Lipinski definition) is 4. The molecule has 2 aliphatic rings. The molecule has 39 heavy (non-hydrogen) atoms. The Morgan fingerprint density at radius 1 is 0.692 bits per heavy atom. The maximum absolute atomic E-state index is 14.4. The number of likely N-dealkylation sites (tertiary alicyclic amines) is 1. The minimum atomic E-state index is -0.169. The molecule has 2 aromatic carbocycles. The van der Waals surface area contributed by atoms with Crippen LogP contribution in [0, 0.1) is 0 Å². The molecule has 4 nitrogen and oxygen atoms in total. The van der Waals surface area contributed by atoms with Crippen molar-refractivity contribution in [1.29, 1.82) is 0 Å². The zero-order valence-electron chi connectivity index (χ0n) is 25.5. The summed E-state index contributed by atoms with van der Waals surface area (Å²) in [6, 6.07) is 18.5. The lowest BCUT2D eigenvalue weighted by atomic mass is 9.78. The van der Waals surface area contributed by atoms with Crippen molar-refractivity contribution in [2.24, 2.45) is 5.73 Å². The molecule has 0 atom stereocenters. The average Bonchev–Trinajstić information content (AvgIpc) is 2.82. The first kappa shape index (κ1) is 29.0. The van der Waals surface area contributed by atoms with Crippen LogP contribution in [0.4, 0.5) is 5.69 Å². The number of para-hydroxylation sites is 1. The summed E-state index contributed by atoms with van der Waals surface area (Å²) in [5.74, 6) is -0.117. The average molecular weight is 528 g/mol. The Kier molecular flexibility index (Phi) is 7.82. The van der Waals surface area contributed by atoms with Crippen LogP contribution in [0.2, 0.25) is 0 Å². The Morgan fingerprint density at radius 2 is 1.18 bits per heavy atom. The third-order valence-electron chi connectivity index (χ3n) is 8.90. The Labute approximate surface area is 237 Å². The second kappa shape index (κ2) is 10.5. The number of nitrogens with zero attached hydrogens (tertiary/aromatic N) is 2. The first-order valence-corrected chi connectivity index (χ1v) is 14.6. The maximum Gasteiger partial charge on any atom is 0.224 e. The van der Waals surface area contributed by atoms with Gasteiger partial charge in [-0.2, -0.15) is 0 Å². The number of carbonyl (C=O) groups is 1. The molecule has 0 aliphatic carbocycles.